The van der Waals surface area contributed by atoms with Gasteiger partial charge in [-0.1, -0.05) is 32.4 Å². The van der Waals surface area contributed by atoms with Crippen LogP contribution in [0.5, 0.6) is 0 Å². The third-order valence-corrected chi connectivity index (χ3v) is 11.4. The number of epoxide rings is 1. The van der Waals surface area contributed by atoms with Crippen molar-refractivity contribution in [1.82, 2.24) is 0 Å². The van der Waals surface area contributed by atoms with E-state index >= 15 is 0 Å². The molecular formula is C18H22Cl4O6. The van der Waals surface area contributed by atoms with Crippen LogP contribution in [0.25, 0.3) is 0 Å². The van der Waals surface area contributed by atoms with Crippen molar-refractivity contribution in [2.75, 3.05) is 21.3 Å². The molecule has 3 saturated carbocycles. The van der Waals surface area contributed by atoms with E-state index in [2.05, 4.69) is 0 Å². The lowest BCUT2D eigenvalue weighted by Crippen LogP contribution is -2.70. The van der Waals surface area contributed by atoms with Gasteiger partial charge in [-0.2, -0.15) is 0 Å². The van der Waals surface area contributed by atoms with Crippen LogP contribution in [0.15, 0.2) is 0 Å². The summed E-state index contributed by atoms with van der Waals surface area (Å²) < 4.78 is 30.1. The van der Waals surface area contributed by atoms with Gasteiger partial charge in [0.15, 0.2) is 21.3 Å². The highest BCUT2D eigenvalue weighted by molar-refractivity contribution is 6.47. The van der Waals surface area contributed by atoms with Crippen molar-refractivity contribution in [3.05, 3.63) is 0 Å². The van der Waals surface area contributed by atoms with E-state index < -0.39 is 54.8 Å². The third-order valence-electron chi connectivity index (χ3n) is 8.23. The van der Waals surface area contributed by atoms with E-state index in [1.54, 1.807) is 6.92 Å². The number of hydrogen-bond acceptors (Lipinski definition) is 6. The molecule has 5 rings (SSSR count). The highest BCUT2D eigenvalue weighted by Gasteiger charge is 3.08. The quantitative estimate of drug-likeness (QED) is 0.354. The zero-order valence-electron chi connectivity index (χ0n) is 16.3. The smallest absolute Gasteiger partial charge is 0.214 e. The van der Waals surface area contributed by atoms with E-state index in [9.17, 15) is 4.79 Å². The van der Waals surface area contributed by atoms with Gasteiger partial charge in [0.1, 0.15) is 16.4 Å². The molecule has 0 unspecified atom stereocenters. The Labute approximate surface area is 183 Å². The molecule has 0 radical (unpaired) electrons. The minimum absolute atomic E-state index is 0.159. The number of Topliss-reactive ketones (excluding diaryl/α,β-unsaturated/α-hetero) is 1. The summed E-state index contributed by atoms with van der Waals surface area (Å²) >= 11 is 28.4. The maximum atomic E-state index is 14.0. The Kier molecular flexibility index (Phi) is 3.66. The van der Waals surface area contributed by atoms with Crippen molar-refractivity contribution >= 4 is 52.2 Å². The largest absolute Gasteiger partial charge is 0.352 e. The molecule has 6 nitrogen and oxygen atoms in total. The second-order valence-corrected chi connectivity index (χ2v) is 11.1. The average molecular weight is 476 g/mol. The Balaban J connectivity index is 1.92. The van der Waals surface area contributed by atoms with Crippen LogP contribution in [0.3, 0.4) is 0 Å². The number of carbonyl (C=O) groups is 1. The molecule has 10 heteroatoms. The summed E-state index contributed by atoms with van der Waals surface area (Å²) in [4.78, 5) is 10.7. The number of fused-ring (bicyclic) bond motifs is 4. The molecule has 5 aliphatic rings. The van der Waals surface area contributed by atoms with Gasteiger partial charge in [-0.15, -0.1) is 34.8 Å². The number of carbonyl (C=O) groups excluding carboxylic acids is 1. The van der Waals surface area contributed by atoms with Gasteiger partial charge in [0.2, 0.25) is 11.6 Å². The molecule has 9 atom stereocenters. The minimum atomic E-state index is -1.73. The molecule has 0 N–H and O–H groups in total. The van der Waals surface area contributed by atoms with Gasteiger partial charge in [-0.3, -0.25) is 4.79 Å². The van der Waals surface area contributed by atoms with Crippen molar-refractivity contribution in [3.63, 3.8) is 0 Å². The number of ether oxygens (including phenoxy) is 5. The normalized spacial score (nSPS) is 62.5. The fraction of sp³-hybridized carbons (Fsp3) is 0.944. The molecule has 28 heavy (non-hydrogen) atoms. The van der Waals surface area contributed by atoms with Crippen molar-refractivity contribution in [3.8, 4) is 0 Å². The molecule has 2 heterocycles. The SMILES string of the molecule is COC1(OC)[C@]2(Cl)[C@@H](Cl)[C@@]3(Cl)O[C@@]4(OC)[C@@H]5O[C@]5(C(C)C)C(=O)[C@@H]2[C@@]4(C)[C@@]13Cl. The summed E-state index contributed by atoms with van der Waals surface area (Å²) in [7, 11) is 4.30. The lowest BCUT2D eigenvalue weighted by atomic mass is 9.54. The molecule has 3 aliphatic carbocycles. The van der Waals surface area contributed by atoms with E-state index in [-0.39, 0.29) is 11.7 Å². The number of alkyl halides is 4. The van der Waals surface area contributed by atoms with E-state index in [1.807, 2.05) is 13.8 Å². The summed E-state index contributed by atoms with van der Waals surface area (Å²) in [5.41, 5.74) is -2.37. The Morgan fingerprint density at radius 2 is 1.64 bits per heavy atom. The first-order chi connectivity index (χ1) is 12.9. The van der Waals surface area contributed by atoms with Crippen LogP contribution in [-0.2, 0) is 28.5 Å². The maximum Gasteiger partial charge on any atom is 0.214 e. The summed E-state index contributed by atoms with van der Waals surface area (Å²) in [6, 6.07) is 0. The average Bonchev–Trinajstić information content (AvgIpc) is 3.35. The first-order valence-corrected chi connectivity index (χ1v) is 10.7. The van der Waals surface area contributed by atoms with E-state index in [1.165, 1.54) is 21.3 Å². The second-order valence-electron chi connectivity index (χ2n) is 8.88. The fourth-order valence-electron chi connectivity index (χ4n) is 7.12. The zero-order valence-corrected chi connectivity index (χ0v) is 19.3. The summed E-state index contributed by atoms with van der Waals surface area (Å²) in [5, 5.41) is -2.84. The van der Waals surface area contributed by atoms with Crippen molar-refractivity contribution in [2.45, 2.75) is 64.2 Å². The first-order valence-electron chi connectivity index (χ1n) is 9.14. The van der Waals surface area contributed by atoms with Gasteiger partial charge in [0.05, 0.1) is 11.3 Å². The van der Waals surface area contributed by atoms with Crippen LogP contribution < -0.4 is 0 Å². The molecule has 0 aromatic heterocycles. The maximum absolute atomic E-state index is 14.0. The highest BCUT2D eigenvalue weighted by Crippen LogP contribution is 2.90. The van der Waals surface area contributed by atoms with Gasteiger partial charge in [-0.25, -0.2) is 0 Å². The van der Waals surface area contributed by atoms with Crippen LogP contribution in [0.2, 0.25) is 0 Å². The second kappa shape index (κ2) is 5.00. The minimum Gasteiger partial charge on any atom is -0.352 e. The van der Waals surface area contributed by atoms with Crippen LogP contribution in [0.4, 0.5) is 0 Å². The number of hydrogen-bond donors (Lipinski definition) is 0. The topological polar surface area (TPSA) is 66.5 Å². The summed E-state index contributed by atoms with van der Waals surface area (Å²) in [6.07, 6.45) is -0.704. The third kappa shape index (κ3) is 1.31. The standard InChI is InChI=1S/C18H22Cl4O6/c1-7(2)13-9(23)8-12(3)16(24-4,11(13)27-13)28-15(21)10(19)14(8,20)18(25-5,26-6)17(12,15)22/h7-8,10-11H,1-6H3/t8-,10-,11-,12-,13-,14-,15-,16+,17+/m1/s1. The van der Waals surface area contributed by atoms with E-state index in [0.29, 0.717) is 0 Å². The molecule has 0 spiro atoms. The molecule has 158 valence electrons. The Morgan fingerprint density at radius 1 is 1.07 bits per heavy atom. The Bertz CT molecular complexity index is 807. The molecular weight excluding hydrogens is 454 g/mol. The molecule has 2 aliphatic heterocycles. The molecule has 5 fully saturated rings. The van der Waals surface area contributed by atoms with Gasteiger partial charge >= 0.3 is 0 Å². The Morgan fingerprint density at radius 3 is 2.11 bits per heavy atom. The van der Waals surface area contributed by atoms with Crippen LogP contribution >= 0.6 is 46.4 Å². The van der Waals surface area contributed by atoms with Gasteiger partial charge in [-0.05, 0) is 5.92 Å². The fourth-order valence-corrected chi connectivity index (χ4v) is 9.83. The lowest BCUT2D eigenvalue weighted by molar-refractivity contribution is -0.274. The summed E-state index contributed by atoms with van der Waals surface area (Å²) in [5.74, 6) is -4.47. The number of rotatable bonds is 4. The van der Waals surface area contributed by atoms with Gasteiger partial charge in [0, 0.05) is 21.3 Å². The molecule has 0 aromatic rings. The summed E-state index contributed by atoms with van der Waals surface area (Å²) in [6.45, 7) is 5.59. The monoisotopic (exact) mass is 474 g/mol. The van der Waals surface area contributed by atoms with Crippen molar-refractivity contribution in [2.24, 2.45) is 17.3 Å². The predicted octanol–water partition coefficient (Wildman–Crippen LogP) is 2.87. The van der Waals surface area contributed by atoms with E-state index in [0.717, 1.165) is 0 Å². The van der Waals surface area contributed by atoms with Crippen molar-refractivity contribution in [1.29, 1.82) is 0 Å². The zero-order chi connectivity index (χ0) is 20.9. The molecule has 2 bridgehead atoms. The Hall–Kier alpha value is 0.630. The number of ketones is 1. The van der Waals surface area contributed by atoms with Crippen LogP contribution in [0.1, 0.15) is 20.8 Å². The molecule has 0 aromatic carbocycles. The lowest BCUT2D eigenvalue weighted by Gasteiger charge is -2.51. The molecule has 2 saturated heterocycles. The van der Waals surface area contributed by atoms with E-state index in [4.69, 9.17) is 70.1 Å². The van der Waals surface area contributed by atoms with Gasteiger partial charge < -0.3 is 23.7 Å². The first kappa shape index (κ1) is 20.5. The van der Waals surface area contributed by atoms with Crippen molar-refractivity contribution < 1.29 is 28.5 Å². The van der Waals surface area contributed by atoms with Crippen LogP contribution in [-0.4, -0.2) is 70.6 Å². The highest BCUT2D eigenvalue weighted by atomic mass is 35.5. The number of methoxy groups -OCH3 is 3. The number of halogens is 4. The predicted molar refractivity (Wildman–Crippen MR) is 102 cm³/mol. The van der Waals surface area contributed by atoms with Crippen LogP contribution in [0, 0.1) is 17.3 Å². The van der Waals surface area contributed by atoms with Gasteiger partial charge in [0.25, 0.3) is 0 Å². The molecule has 0 amide bonds.